The van der Waals surface area contributed by atoms with E-state index in [1.807, 2.05) is 19.1 Å². The summed E-state index contributed by atoms with van der Waals surface area (Å²) < 4.78 is 7.44. The highest BCUT2D eigenvalue weighted by Gasteiger charge is 2.26. The molecule has 0 spiro atoms. The molecule has 0 unspecified atom stereocenters. The molecule has 0 aliphatic rings. The van der Waals surface area contributed by atoms with Gasteiger partial charge in [-0.1, -0.05) is 0 Å². The molecule has 0 radical (unpaired) electrons. The Morgan fingerprint density at radius 3 is 2.77 bits per heavy atom. The lowest BCUT2D eigenvalue weighted by Gasteiger charge is -2.03. The van der Waals surface area contributed by atoms with Crippen LogP contribution in [0.3, 0.4) is 0 Å². The van der Waals surface area contributed by atoms with E-state index in [1.165, 1.54) is 6.92 Å². The van der Waals surface area contributed by atoms with Gasteiger partial charge in [0.15, 0.2) is 11.5 Å². The molecule has 3 aromatic rings. The summed E-state index contributed by atoms with van der Waals surface area (Å²) in [6, 6.07) is 3.75. The number of ether oxygens (including phenoxy) is 1. The van der Waals surface area contributed by atoms with Crippen LogP contribution in [0.15, 0.2) is 18.3 Å². The number of Topliss-reactive ketones (excluding diaryl/α,β-unsaturated/α-hetero) is 1. The van der Waals surface area contributed by atoms with E-state index in [0.717, 1.165) is 16.9 Å². The Balaban J connectivity index is 2.46. The summed E-state index contributed by atoms with van der Waals surface area (Å²) >= 11 is 1.12. The van der Waals surface area contributed by atoms with Crippen molar-refractivity contribution in [2.75, 3.05) is 6.61 Å². The molecule has 0 aromatic carbocycles. The van der Waals surface area contributed by atoms with Gasteiger partial charge in [-0.2, -0.15) is 0 Å². The summed E-state index contributed by atoms with van der Waals surface area (Å²) in [5.74, 6) is -0.756. The molecule has 3 aromatic heterocycles. The number of ketones is 1. The van der Waals surface area contributed by atoms with Crippen LogP contribution in [0, 0.1) is 6.92 Å². The predicted octanol–water partition coefficient (Wildman–Crippen LogP) is 3.55. The van der Waals surface area contributed by atoms with Crippen LogP contribution in [0.25, 0.3) is 15.7 Å². The number of carbonyl (C=O) groups excluding carboxylic acids is 2. The van der Waals surface area contributed by atoms with Crippen molar-refractivity contribution in [1.29, 1.82) is 0 Å². The van der Waals surface area contributed by atoms with Crippen LogP contribution in [0.5, 0.6) is 5.75 Å². The predicted molar refractivity (Wildman–Crippen MR) is 85.1 cm³/mol. The Morgan fingerprint density at radius 2 is 2.14 bits per heavy atom. The van der Waals surface area contributed by atoms with Gasteiger partial charge in [0, 0.05) is 13.1 Å². The van der Waals surface area contributed by atoms with Crippen molar-refractivity contribution in [3.05, 3.63) is 34.3 Å². The summed E-state index contributed by atoms with van der Waals surface area (Å²) in [5.41, 5.74) is 2.54. The number of aryl methyl sites for hydroxylation is 1. The van der Waals surface area contributed by atoms with E-state index in [0.29, 0.717) is 21.3 Å². The van der Waals surface area contributed by atoms with Crippen LogP contribution >= 0.6 is 11.3 Å². The van der Waals surface area contributed by atoms with E-state index in [1.54, 1.807) is 17.5 Å². The second-order valence-electron chi connectivity index (χ2n) is 5.07. The van der Waals surface area contributed by atoms with E-state index in [9.17, 15) is 14.7 Å². The number of hydrogen-bond acceptors (Lipinski definition) is 5. The SMILES string of the molecule is CCOC(=O)c1c2sc(C(C)=O)c(O)c2n2ccc(C)cc12. The highest BCUT2D eigenvalue weighted by atomic mass is 32.1. The highest BCUT2D eigenvalue weighted by Crippen LogP contribution is 2.42. The zero-order valence-corrected chi connectivity index (χ0v) is 13.3. The average molecular weight is 317 g/mol. The summed E-state index contributed by atoms with van der Waals surface area (Å²) in [6.45, 7) is 5.33. The maximum atomic E-state index is 12.3. The van der Waals surface area contributed by atoms with Gasteiger partial charge in [0.1, 0.15) is 16.0 Å². The van der Waals surface area contributed by atoms with Gasteiger partial charge in [-0.25, -0.2) is 4.79 Å². The number of hydrogen-bond donors (Lipinski definition) is 1. The molecule has 0 amide bonds. The zero-order chi connectivity index (χ0) is 16.0. The van der Waals surface area contributed by atoms with Gasteiger partial charge >= 0.3 is 5.97 Å². The normalized spacial score (nSPS) is 11.2. The summed E-state index contributed by atoms with van der Waals surface area (Å²) in [4.78, 5) is 24.3. The second kappa shape index (κ2) is 5.14. The third kappa shape index (κ3) is 1.99. The largest absolute Gasteiger partial charge is 0.504 e. The van der Waals surface area contributed by atoms with E-state index in [2.05, 4.69) is 0 Å². The highest BCUT2D eigenvalue weighted by molar-refractivity contribution is 7.21. The first-order chi connectivity index (χ1) is 10.5. The molecule has 0 atom stereocenters. The number of fused-ring (bicyclic) bond motifs is 3. The topological polar surface area (TPSA) is 68.0 Å². The number of pyridine rings is 1. The summed E-state index contributed by atoms with van der Waals surface area (Å²) in [6.07, 6.45) is 1.78. The number of rotatable bonds is 3. The Bertz CT molecular complexity index is 919. The summed E-state index contributed by atoms with van der Waals surface area (Å²) in [7, 11) is 0. The molecular formula is C16H15NO4S. The first-order valence-corrected chi connectivity index (χ1v) is 7.71. The van der Waals surface area contributed by atoms with E-state index in [4.69, 9.17) is 4.74 Å². The molecule has 6 heteroatoms. The molecule has 0 bridgehead atoms. The van der Waals surface area contributed by atoms with Gasteiger partial charge in [0.05, 0.1) is 16.8 Å². The lowest BCUT2D eigenvalue weighted by molar-refractivity contribution is 0.0531. The van der Waals surface area contributed by atoms with Crippen LogP contribution in [0.2, 0.25) is 0 Å². The summed E-state index contributed by atoms with van der Waals surface area (Å²) in [5, 5.41) is 10.4. The van der Waals surface area contributed by atoms with Crippen LogP contribution in [0.1, 0.15) is 39.4 Å². The van der Waals surface area contributed by atoms with Crippen LogP contribution in [-0.2, 0) is 4.74 Å². The van der Waals surface area contributed by atoms with E-state index < -0.39 is 5.97 Å². The monoisotopic (exact) mass is 317 g/mol. The smallest absolute Gasteiger partial charge is 0.341 e. The minimum absolute atomic E-state index is 0.0816. The fraction of sp³-hybridized carbons (Fsp3) is 0.250. The van der Waals surface area contributed by atoms with Crippen molar-refractivity contribution >= 4 is 38.8 Å². The number of thiophene rings is 1. The molecule has 3 heterocycles. The molecule has 0 saturated carbocycles. The molecule has 0 aliphatic heterocycles. The van der Waals surface area contributed by atoms with Crippen LogP contribution < -0.4 is 0 Å². The van der Waals surface area contributed by atoms with Crippen molar-refractivity contribution in [3.8, 4) is 5.75 Å². The first-order valence-electron chi connectivity index (χ1n) is 6.89. The quantitative estimate of drug-likeness (QED) is 0.592. The molecule has 3 rings (SSSR count). The molecule has 0 saturated heterocycles. The third-order valence-electron chi connectivity index (χ3n) is 3.49. The van der Waals surface area contributed by atoms with Gasteiger partial charge in [-0.05, 0) is 31.5 Å². The average Bonchev–Trinajstić information content (AvgIpc) is 2.93. The molecule has 114 valence electrons. The van der Waals surface area contributed by atoms with Crippen molar-refractivity contribution in [2.24, 2.45) is 0 Å². The van der Waals surface area contributed by atoms with Crippen molar-refractivity contribution in [3.63, 3.8) is 0 Å². The Morgan fingerprint density at radius 1 is 1.41 bits per heavy atom. The number of nitrogens with zero attached hydrogens (tertiary/aromatic N) is 1. The Hall–Kier alpha value is -2.34. The third-order valence-corrected chi connectivity index (χ3v) is 4.78. The number of esters is 1. The minimum atomic E-state index is -0.447. The van der Waals surface area contributed by atoms with E-state index >= 15 is 0 Å². The molecule has 5 nitrogen and oxygen atoms in total. The van der Waals surface area contributed by atoms with Gasteiger partial charge in [-0.3, -0.25) is 4.79 Å². The number of aromatic nitrogens is 1. The van der Waals surface area contributed by atoms with Crippen molar-refractivity contribution in [1.82, 2.24) is 4.40 Å². The number of carbonyl (C=O) groups is 2. The van der Waals surface area contributed by atoms with Gasteiger partial charge < -0.3 is 14.2 Å². The maximum Gasteiger partial charge on any atom is 0.341 e. The molecule has 1 N–H and O–H groups in total. The van der Waals surface area contributed by atoms with Gasteiger partial charge in [0.2, 0.25) is 0 Å². The first kappa shape index (κ1) is 14.6. The van der Waals surface area contributed by atoms with Crippen molar-refractivity contribution in [2.45, 2.75) is 20.8 Å². The Labute approximate surface area is 130 Å². The van der Waals surface area contributed by atoms with Crippen LogP contribution in [0.4, 0.5) is 0 Å². The Kier molecular flexibility index (Phi) is 3.41. The van der Waals surface area contributed by atoms with Crippen LogP contribution in [-0.4, -0.2) is 27.9 Å². The number of aromatic hydroxyl groups is 1. The lowest BCUT2D eigenvalue weighted by atomic mass is 10.2. The van der Waals surface area contributed by atoms with E-state index in [-0.39, 0.29) is 23.0 Å². The molecule has 0 aliphatic carbocycles. The van der Waals surface area contributed by atoms with Crippen molar-refractivity contribution < 1.29 is 19.4 Å². The molecular weight excluding hydrogens is 302 g/mol. The molecule has 0 fully saturated rings. The lowest BCUT2D eigenvalue weighted by Crippen LogP contribution is -2.04. The minimum Gasteiger partial charge on any atom is -0.504 e. The molecule has 22 heavy (non-hydrogen) atoms. The second-order valence-corrected chi connectivity index (χ2v) is 6.09. The fourth-order valence-electron chi connectivity index (χ4n) is 2.56. The zero-order valence-electron chi connectivity index (χ0n) is 12.5. The van der Waals surface area contributed by atoms with Gasteiger partial charge in [0.25, 0.3) is 0 Å². The standard InChI is InChI=1S/C16H15NO4S/c1-4-21-16(20)11-10-7-8(2)5-6-17(10)12-13(19)14(9(3)18)22-15(11)12/h5-7,19H,4H2,1-3H3. The fourth-order valence-corrected chi connectivity index (χ4v) is 3.68. The van der Waals surface area contributed by atoms with Gasteiger partial charge in [-0.15, -0.1) is 11.3 Å². The maximum absolute atomic E-state index is 12.3.